The van der Waals surface area contributed by atoms with E-state index in [0.29, 0.717) is 35.7 Å². The fraction of sp³-hybridized carbons (Fsp3) is 0.500. The van der Waals surface area contributed by atoms with Gasteiger partial charge in [0.15, 0.2) is 0 Å². The molecule has 3 rings (SSSR count). The third kappa shape index (κ3) is 4.30. The Hall–Kier alpha value is -1.78. The van der Waals surface area contributed by atoms with Crippen molar-refractivity contribution in [1.29, 1.82) is 4.78 Å². The fourth-order valence-electron chi connectivity index (χ4n) is 3.05. The van der Waals surface area contributed by atoms with Gasteiger partial charge >= 0.3 is 6.09 Å². The smallest absolute Gasteiger partial charge is 0.414 e. The molecule has 0 aromatic heterocycles. The van der Waals surface area contributed by atoms with E-state index in [1.165, 1.54) is 11.0 Å². The fourth-order valence-corrected chi connectivity index (χ4v) is 4.36. The number of benzene rings is 1. The van der Waals surface area contributed by atoms with Crippen molar-refractivity contribution < 1.29 is 18.1 Å². The van der Waals surface area contributed by atoms with E-state index in [4.69, 9.17) is 21.7 Å². The molecule has 0 aliphatic carbocycles. The molecule has 1 aromatic rings. The Morgan fingerprint density at radius 2 is 2.35 bits per heavy atom. The van der Waals surface area contributed by atoms with Crippen molar-refractivity contribution in [3.8, 4) is 0 Å². The van der Waals surface area contributed by atoms with Crippen LogP contribution in [0.4, 0.5) is 14.9 Å². The first-order chi connectivity index (χ1) is 12.2. The molecule has 3 atom stereocenters. The zero-order chi connectivity index (χ0) is 18.9. The molecule has 2 unspecified atom stereocenters. The number of cyclic esters (lactones) is 1. The lowest BCUT2D eigenvalue weighted by Gasteiger charge is -2.26. The second-order valence-electron chi connectivity index (χ2n) is 6.46. The van der Waals surface area contributed by atoms with Gasteiger partial charge in [-0.2, -0.15) is 0 Å². The molecular weight excluding hydrogens is 379 g/mol. The number of carbonyl (C=O) groups excluding carboxylic acids is 1. The van der Waals surface area contributed by atoms with Crippen LogP contribution in [0.15, 0.2) is 18.2 Å². The van der Waals surface area contributed by atoms with Crippen LogP contribution in [-0.4, -0.2) is 46.1 Å². The van der Waals surface area contributed by atoms with Gasteiger partial charge in [-0.25, -0.2) is 13.4 Å². The van der Waals surface area contributed by atoms with Crippen LogP contribution < -0.4 is 15.5 Å². The summed E-state index contributed by atoms with van der Waals surface area (Å²) in [4.78, 5) is 14.1. The molecule has 7 nitrogen and oxygen atoms in total. The molecule has 26 heavy (non-hydrogen) atoms. The molecule has 1 aromatic carbocycles. The topological polar surface area (TPSA) is 94.5 Å². The summed E-state index contributed by atoms with van der Waals surface area (Å²) in [5, 5.41) is 5.93. The number of hydrogen-bond donors (Lipinski definition) is 3. The van der Waals surface area contributed by atoms with E-state index in [-0.39, 0.29) is 23.8 Å². The largest absolute Gasteiger partial charge is 0.442 e. The van der Waals surface area contributed by atoms with E-state index in [0.717, 1.165) is 0 Å². The van der Waals surface area contributed by atoms with Crippen molar-refractivity contribution in [1.82, 2.24) is 10.6 Å². The highest BCUT2D eigenvalue weighted by Gasteiger charge is 2.33. The van der Waals surface area contributed by atoms with Crippen molar-refractivity contribution in [3.05, 3.63) is 29.6 Å². The number of nitrogens with zero attached hydrogens (tertiary/aromatic N) is 1. The quantitative estimate of drug-likeness (QED) is 0.671. The average Bonchev–Trinajstić information content (AvgIpc) is 2.94. The summed E-state index contributed by atoms with van der Waals surface area (Å²) in [6.45, 7) is 2.47. The summed E-state index contributed by atoms with van der Waals surface area (Å²) >= 11 is 4.94. The Bertz CT molecular complexity index is 817. The van der Waals surface area contributed by atoms with Crippen LogP contribution in [0.1, 0.15) is 24.9 Å². The van der Waals surface area contributed by atoms with E-state index in [9.17, 15) is 13.4 Å². The number of halogens is 1. The predicted octanol–water partition coefficient (Wildman–Crippen LogP) is 2.13. The molecular formula is C16H21FN4O3S2. The first-order valence-corrected chi connectivity index (χ1v) is 10.6. The number of nitrogens with one attached hydrogen (secondary N) is 3. The van der Waals surface area contributed by atoms with Crippen LogP contribution in [0.5, 0.6) is 0 Å². The first kappa shape index (κ1) is 19.0. The third-order valence-electron chi connectivity index (χ3n) is 4.42. The van der Waals surface area contributed by atoms with Gasteiger partial charge in [-0.3, -0.25) is 15.0 Å². The molecule has 3 N–H and O–H groups in total. The highest BCUT2D eigenvalue weighted by molar-refractivity contribution is 7.92. The Labute approximate surface area is 157 Å². The van der Waals surface area contributed by atoms with Crippen LogP contribution in [0.2, 0.25) is 0 Å². The summed E-state index contributed by atoms with van der Waals surface area (Å²) in [5.74, 6) is -0.133. The van der Waals surface area contributed by atoms with Crippen LogP contribution in [0, 0.1) is 10.6 Å². The standard InChI is InChI=1S/C16H21FN4O3S2/c1-10(25)19-7-12-8-21(16(22)24-12)11-2-3-13(14(17)6-11)15-4-5-26(18,23)9-20-15/h2-3,6,12,15,18,20H,4-5,7-9H2,1H3,(H,19,25)/t12-,15?,26?/m0/s1. The Morgan fingerprint density at radius 3 is 2.96 bits per heavy atom. The number of hydrogen-bond acceptors (Lipinski definition) is 6. The molecule has 10 heteroatoms. The molecule has 2 saturated heterocycles. The number of ether oxygens (including phenoxy) is 1. The minimum Gasteiger partial charge on any atom is -0.442 e. The lowest BCUT2D eigenvalue weighted by Crippen LogP contribution is -2.36. The monoisotopic (exact) mass is 400 g/mol. The maximum atomic E-state index is 14.6. The summed E-state index contributed by atoms with van der Waals surface area (Å²) in [6, 6.07) is 4.33. The second kappa shape index (κ2) is 7.45. The SMILES string of the molecule is CC(=S)NC[C@H]1CN(c2ccc(C3CCS(=N)(=O)CN3)c(F)c2)C(=O)O1. The third-order valence-corrected chi connectivity index (χ3v) is 6.10. The van der Waals surface area contributed by atoms with Gasteiger partial charge in [0.2, 0.25) is 0 Å². The van der Waals surface area contributed by atoms with Gasteiger partial charge in [-0.05, 0) is 25.5 Å². The van der Waals surface area contributed by atoms with E-state index in [1.807, 2.05) is 0 Å². The maximum Gasteiger partial charge on any atom is 0.414 e. The Kier molecular flexibility index (Phi) is 5.44. The van der Waals surface area contributed by atoms with Gasteiger partial charge < -0.3 is 10.1 Å². The molecule has 2 heterocycles. The molecule has 0 spiro atoms. The van der Waals surface area contributed by atoms with Gasteiger partial charge in [0, 0.05) is 17.4 Å². The molecule has 1 amide bonds. The highest BCUT2D eigenvalue weighted by Crippen LogP contribution is 2.29. The van der Waals surface area contributed by atoms with Crippen LogP contribution >= 0.6 is 12.2 Å². The Morgan fingerprint density at radius 1 is 1.58 bits per heavy atom. The van der Waals surface area contributed by atoms with Crippen molar-refractivity contribution in [2.24, 2.45) is 0 Å². The lowest BCUT2D eigenvalue weighted by atomic mass is 10.0. The van der Waals surface area contributed by atoms with Crippen LogP contribution in [-0.2, 0) is 14.5 Å². The zero-order valence-corrected chi connectivity index (χ0v) is 15.9. The van der Waals surface area contributed by atoms with Crippen LogP contribution in [0.3, 0.4) is 0 Å². The average molecular weight is 401 g/mol. The van der Waals surface area contributed by atoms with Gasteiger partial charge in [0.05, 0.1) is 39.4 Å². The van der Waals surface area contributed by atoms with Gasteiger partial charge in [0.25, 0.3) is 0 Å². The molecule has 2 aliphatic heterocycles. The van der Waals surface area contributed by atoms with E-state index >= 15 is 0 Å². The van der Waals surface area contributed by atoms with Crippen molar-refractivity contribution in [2.75, 3.05) is 29.6 Å². The lowest BCUT2D eigenvalue weighted by molar-refractivity contribution is 0.143. The summed E-state index contributed by atoms with van der Waals surface area (Å²) in [5.41, 5.74) is 0.878. The number of carbonyl (C=O) groups is 1. The minimum absolute atomic E-state index is 0.0608. The minimum atomic E-state index is -2.60. The van der Waals surface area contributed by atoms with Crippen molar-refractivity contribution >= 4 is 38.7 Å². The first-order valence-electron chi connectivity index (χ1n) is 8.25. The molecule has 2 fully saturated rings. The van der Waals surface area contributed by atoms with Gasteiger partial charge in [-0.15, -0.1) is 0 Å². The summed E-state index contributed by atoms with van der Waals surface area (Å²) < 4.78 is 39.1. The summed E-state index contributed by atoms with van der Waals surface area (Å²) in [7, 11) is -2.60. The summed E-state index contributed by atoms with van der Waals surface area (Å²) in [6.07, 6.45) is -0.432. The van der Waals surface area contributed by atoms with E-state index in [2.05, 4.69) is 10.6 Å². The molecule has 0 saturated carbocycles. The molecule has 142 valence electrons. The van der Waals surface area contributed by atoms with E-state index < -0.39 is 21.6 Å². The molecule has 2 aliphatic rings. The second-order valence-corrected chi connectivity index (χ2v) is 9.40. The van der Waals surface area contributed by atoms with Crippen LogP contribution in [0.25, 0.3) is 0 Å². The number of rotatable bonds is 4. The Balaban J connectivity index is 1.69. The zero-order valence-electron chi connectivity index (χ0n) is 14.3. The maximum absolute atomic E-state index is 14.6. The molecule has 0 bridgehead atoms. The van der Waals surface area contributed by atoms with Crippen molar-refractivity contribution in [2.45, 2.75) is 25.5 Å². The van der Waals surface area contributed by atoms with Gasteiger partial charge in [0.1, 0.15) is 11.9 Å². The van der Waals surface area contributed by atoms with Gasteiger partial charge in [-0.1, -0.05) is 18.3 Å². The number of thiocarbonyl (C=S) groups is 1. The number of anilines is 1. The van der Waals surface area contributed by atoms with Crippen molar-refractivity contribution in [3.63, 3.8) is 0 Å². The van der Waals surface area contributed by atoms with E-state index in [1.54, 1.807) is 19.1 Å². The number of amides is 1. The highest BCUT2D eigenvalue weighted by atomic mass is 32.2. The molecule has 0 radical (unpaired) electrons. The predicted molar refractivity (Wildman–Crippen MR) is 101 cm³/mol. The normalized spacial score (nSPS) is 28.7.